The van der Waals surface area contributed by atoms with Gasteiger partial charge >= 0.3 is 5.97 Å². The van der Waals surface area contributed by atoms with E-state index in [-0.39, 0.29) is 12.2 Å². The van der Waals surface area contributed by atoms with E-state index in [1.54, 1.807) is 6.92 Å². The summed E-state index contributed by atoms with van der Waals surface area (Å²) >= 11 is 0. The number of aryl methyl sites for hydroxylation is 1. The molecule has 1 aromatic carbocycles. The Kier molecular flexibility index (Phi) is 3.90. The van der Waals surface area contributed by atoms with Crippen molar-refractivity contribution in [2.24, 2.45) is 0 Å². The number of hydrogen-bond donors (Lipinski definition) is 3. The lowest BCUT2D eigenvalue weighted by atomic mass is 10.0. The maximum Gasteiger partial charge on any atom is 0.339 e. The van der Waals surface area contributed by atoms with E-state index < -0.39 is 35.0 Å². The summed E-state index contributed by atoms with van der Waals surface area (Å²) in [5.74, 6) is -3.88. The van der Waals surface area contributed by atoms with E-state index in [0.29, 0.717) is 0 Å². The Morgan fingerprint density at radius 1 is 1.47 bits per heavy atom. The molecule has 1 rings (SSSR count). The van der Waals surface area contributed by atoms with E-state index in [2.05, 4.69) is 4.74 Å². The number of esters is 1. The number of aliphatic hydroxyl groups excluding tert-OH is 1. The second-order valence-corrected chi connectivity index (χ2v) is 3.45. The molecule has 0 saturated carbocycles. The van der Waals surface area contributed by atoms with Gasteiger partial charge in [0.2, 0.25) is 0 Å². The molecule has 0 spiro atoms. The Bertz CT molecular complexity index is 444. The average Bonchev–Trinajstić information content (AvgIpc) is 2.30. The fourth-order valence-electron chi connectivity index (χ4n) is 1.34. The number of carbonyl (C=O) groups excluding carboxylic acids is 1. The molecule has 0 radical (unpaired) electrons. The Morgan fingerprint density at radius 2 is 2.06 bits per heavy atom. The quantitative estimate of drug-likeness (QED) is 0.548. The van der Waals surface area contributed by atoms with Crippen LogP contribution in [0.15, 0.2) is 6.07 Å². The zero-order chi connectivity index (χ0) is 13.2. The topological polar surface area (TPSA) is 87.0 Å². The van der Waals surface area contributed by atoms with Crippen molar-refractivity contribution in [1.82, 2.24) is 0 Å². The van der Waals surface area contributed by atoms with Crippen molar-refractivity contribution < 1.29 is 29.2 Å². The van der Waals surface area contributed by atoms with Crippen LogP contribution in [0.5, 0.6) is 11.5 Å². The van der Waals surface area contributed by atoms with E-state index >= 15 is 0 Å². The van der Waals surface area contributed by atoms with Crippen LogP contribution in [-0.2, 0) is 9.53 Å². The minimum absolute atomic E-state index is 0.0422. The van der Waals surface area contributed by atoms with Gasteiger partial charge in [0.05, 0.1) is 6.61 Å². The van der Waals surface area contributed by atoms with Crippen molar-refractivity contribution in [3.63, 3.8) is 0 Å². The fraction of sp³-hybridized carbons (Fsp3) is 0.364. The van der Waals surface area contributed by atoms with Gasteiger partial charge in [0.1, 0.15) is 0 Å². The predicted molar refractivity (Wildman–Crippen MR) is 56.1 cm³/mol. The van der Waals surface area contributed by atoms with Crippen LogP contribution in [0.2, 0.25) is 0 Å². The zero-order valence-corrected chi connectivity index (χ0v) is 9.40. The first kappa shape index (κ1) is 13.2. The Morgan fingerprint density at radius 3 is 2.59 bits per heavy atom. The largest absolute Gasteiger partial charge is 0.504 e. The minimum atomic E-state index is -1.83. The van der Waals surface area contributed by atoms with Crippen LogP contribution < -0.4 is 0 Å². The number of aromatic hydroxyl groups is 2. The Balaban J connectivity index is 3.19. The number of benzene rings is 1. The van der Waals surface area contributed by atoms with Crippen LogP contribution in [0.1, 0.15) is 24.2 Å². The van der Waals surface area contributed by atoms with Crippen molar-refractivity contribution in [1.29, 1.82) is 0 Å². The molecule has 0 amide bonds. The number of rotatable bonds is 3. The highest BCUT2D eigenvalue weighted by Gasteiger charge is 2.26. The SMILES string of the molecule is CCOC(=O)C(O)c1cc(C)c(O)c(O)c1F. The van der Waals surface area contributed by atoms with E-state index in [4.69, 9.17) is 0 Å². The third kappa shape index (κ3) is 2.47. The number of ether oxygens (including phenoxy) is 1. The summed E-state index contributed by atoms with van der Waals surface area (Å²) in [4.78, 5) is 11.2. The summed E-state index contributed by atoms with van der Waals surface area (Å²) < 4.78 is 18.0. The van der Waals surface area contributed by atoms with Crippen LogP contribution >= 0.6 is 0 Å². The first-order chi connectivity index (χ1) is 7.90. The molecule has 3 N–H and O–H groups in total. The molecule has 5 nitrogen and oxygen atoms in total. The molecular formula is C11H13FO5. The normalized spacial score (nSPS) is 12.2. The smallest absolute Gasteiger partial charge is 0.339 e. The van der Waals surface area contributed by atoms with Gasteiger partial charge < -0.3 is 20.1 Å². The van der Waals surface area contributed by atoms with Crippen molar-refractivity contribution in [3.05, 3.63) is 23.0 Å². The molecule has 1 unspecified atom stereocenters. The molecule has 1 aromatic rings. The highest BCUT2D eigenvalue weighted by molar-refractivity contribution is 5.77. The number of hydrogen-bond acceptors (Lipinski definition) is 5. The molecular weight excluding hydrogens is 231 g/mol. The van der Waals surface area contributed by atoms with Gasteiger partial charge in [-0.3, -0.25) is 0 Å². The molecule has 1 atom stereocenters. The zero-order valence-electron chi connectivity index (χ0n) is 9.40. The molecule has 17 heavy (non-hydrogen) atoms. The van der Waals surface area contributed by atoms with Crippen molar-refractivity contribution in [2.75, 3.05) is 6.61 Å². The summed E-state index contributed by atoms with van der Waals surface area (Å²) in [5, 5.41) is 28.0. The van der Waals surface area contributed by atoms with Gasteiger partial charge in [0.15, 0.2) is 23.4 Å². The summed E-state index contributed by atoms with van der Waals surface area (Å²) in [6, 6.07) is 1.08. The summed E-state index contributed by atoms with van der Waals surface area (Å²) in [6.45, 7) is 2.98. The van der Waals surface area contributed by atoms with Crippen LogP contribution in [-0.4, -0.2) is 27.9 Å². The lowest BCUT2D eigenvalue weighted by Crippen LogP contribution is -2.16. The maximum atomic E-state index is 13.5. The number of phenols is 2. The number of aliphatic hydroxyl groups is 1. The Labute approximate surface area is 97.1 Å². The molecule has 0 aromatic heterocycles. The summed E-state index contributed by atoms with van der Waals surface area (Å²) in [6.07, 6.45) is -1.83. The molecule has 0 aliphatic heterocycles. The van der Waals surface area contributed by atoms with Gasteiger partial charge in [-0.05, 0) is 25.5 Å². The van der Waals surface area contributed by atoms with Crippen molar-refractivity contribution >= 4 is 5.97 Å². The van der Waals surface area contributed by atoms with E-state index in [1.807, 2.05) is 0 Å². The second-order valence-electron chi connectivity index (χ2n) is 3.45. The average molecular weight is 244 g/mol. The van der Waals surface area contributed by atoms with Crippen LogP contribution in [0.25, 0.3) is 0 Å². The lowest BCUT2D eigenvalue weighted by Gasteiger charge is -2.13. The third-order valence-corrected chi connectivity index (χ3v) is 2.24. The highest BCUT2D eigenvalue weighted by atomic mass is 19.1. The van der Waals surface area contributed by atoms with Gasteiger partial charge in [-0.1, -0.05) is 0 Å². The second kappa shape index (κ2) is 5.01. The van der Waals surface area contributed by atoms with Gasteiger partial charge in [-0.25, -0.2) is 9.18 Å². The summed E-state index contributed by atoms with van der Waals surface area (Å²) in [7, 11) is 0. The van der Waals surface area contributed by atoms with E-state index in [1.165, 1.54) is 6.92 Å². The highest BCUT2D eigenvalue weighted by Crippen LogP contribution is 2.36. The first-order valence-electron chi connectivity index (χ1n) is 4.95. The molecule has 0 fully saturated rings. The minimum Gasteiger partial charge on any atom is -0.504 e. The third-order valence-electron chi connectivity index (χ3n) is 2.24. The van der Waals surface area contributed by atoms with Gasteiger partial charge in [0, 0.05) is 5.56 Å². The molecule has 0 heterocycles. The van der Waals surface area contributed by atoms with E-state index in [9.17, 15) is 24.5 Å². The van der Waals surface area contributed by atoms with Gasteiger partial charge in [-0.2, -0.15) is 0 Å². The summed E-state index contributed by atoms with van der Waals surface area (Å²) in [5.41, 5.74) is -0.293. The number of halogens is 1. The number of carbonyl (C=O) groups is 1. The van der Waals surface area contributed by atoms with E-state index in [0.717, 1.165) is 6.07 Å². The van der Waals surface area contributed by atoms with Gasteiger partial charge in [0.25, 0.3) is 0 Å². The maximum absolute atomic E-state index is 13.5. The van der Waals surface area contributed by atoms with Gasteiger partial charge in [-0.15, -0.1) is 0 Å². The van der Waals surface area contributed by atoms with Crippen LogP contribution in [0, 0.1) is 12.7 Å². The van der Waals surface area contributed by atoms with Crippen molar-refractivity contribution in [2.45, 2.75) is 20.0 Å². The molecule has 0 aliphatic rings. The monoisotopic (exact) mass is 244 g/mol. The predicted octanol–water partition coefficient (Wildman–Crippen LogP) is 1.14. The number of phenolic OH excluding ortho intramolecular Hbond substituents is 2. The molecule has 0 aliphatic carbocycles. The lowest BCUT2D eigenvalue weighted by molar-refractivity contribution is -0.153. The molecule has 0 bridgehead atoms. The molecule has 94 valence electrons. The fourth-order valence-corrected chi connectivity index (χ4v) is 1.34. The standard InChI is InChI=1S/C11H13FO5/c1-3-17-11(16)9(14)6-4-5(2)8(13)10(15)7(6)12/h4,9,13-15H,3H2,1-2H3. The van der Waals surface area contributed by atoms with Crippen LogP contribution in [0.4, 0.5) is 4.39 Å². The Hall–Kier alpha value is -1.82. The first-order valence-corrected chi connectivity index (χ1v) is 4.95. The van der Waals surface area contributed by atoms with Crippen molar-refractivity contribution in [3.8, 4) is 11.5 Å². The van der Waals surface area contributed by atoms with Crippen LogP contribution in [0.3, 0.4) is 0 Å². The molecule has 0 saturated heterocycles. The molecule has 6 heteroatoms.